The first-order chi connectivity index (χ1) is 17.8. The smallest absolute Gasteiger partial charge is 0.326 e. The molecule has 0 heterocycles. The van der Waals surface area contributed by atoms with Crippen molar-refractivity contribution in [3.05, 3.63) is 115 Å². The maximum Gasteiger partial charge on any atom is 0.326 e. The minimum atomic E-state index is -3.88. The summed E-state index contributed by atoms with van der Waals surface area (Å²) in [4.78, 5) is 14.6. The molecular weight excluding hydrogens is 493 g/mol. The monoisotopic (exact) mass is 519 g/mol. The highest BCUT2D eigenvalue weighted by atomic mass is 32.2. The SMILES string of the molecule is Cc1cccc(NC(=O)N(CCNS(=O)(=O)c2ccc(F)cc2)c2ccc(Oc3ccccc3)cc2)c1. The number of nitrogens with one attached hydrogen (secondary N) is 2. The highest BCUT2D eigenvalue weighted by molar-refractivity contribution is 7.89. The second-order valence-electron chi connectivity index (χ2n) is 8.21. The number of halogens is 1. The molecule has 2 N–H and O–H groups in total. The van der Waals surface area contributed by atoms with Gasteiger partial charge in [-0.3, -0.25) is 4.90 Å². The normalized spacial score (nSPS) is 11.1. The molecule has 0 radical (unpaired) electrons. The molecular formula is C28H26FN3O4S. The first-order valence-electron chi connectivity index (χ1n) is 11.5. The van der Waals surface area contributed by atoms with Gasteiger partial charge in [0.25, 0.3) is 0 Å². The Morgan fingerprint density at radius 2 is 1.54 bits per heavy atom. The number of ether oxygens (including phenoxy) is 1. The van der Waals surface area contributed by atoms with Crippen molar-refractivity contribution in [1.82, 2.24) is 4.72 Å². The molecule has 0 unspecified atom stereocenters. The van der Waals surface area contributed by atoms with Gasteiger partial charge in [0, 0.05) is 24.5 Å². The van der Waals surface area contributed by atoms with E-state index < -0.39 is 21.9 Å². The number of hydrogen-bond acceptors (Lipinski definition) is 4. The highest BCUT2D eigenvalue weighted by Crippen LogP contribution is 2.25. The number of carbonyl (C=O) groups is 1. The number of para-hydroxylation sites is 1. The summed E-state index contributed by atoms with van der Waals surface area (Å²) in [6.07, 6.45) is 0. The van der Waals surface area contributed by atoms with Gasteiger partial charge in [-0.05, 0) is 85.3 Å². The standard InChI is InChI=1S/C28H26FN3O4S/c1-21-6-5-7-23(20-21)31-28(33)32(19-18-30-37(34,35)27-16-10-22(29)11-17-27)24-12-14-26(15-13-24)36-25-8-3-2-4-9-25/h2-17,20,30H,18-19H2,1H3,(H,31,33). The van der Waals surface area contributed by atoms with Gasteiger partial charge in [0.05, 0.1) is 4.90 Å². The zero-order valence-corrected chi connectivity index (χ0v) is 20.9. The summed E-state index contributed by atoms with van der Waals surface area (Å²) in [5.74, 6) is 0.739. The summed E-state index contributed by atoms with van der Waals surface area (Å²) in [5.41, 5.74) is 2.15. The minimum absolute atomic E-state index is 0.0387. The first-order valence-corrected chi connectivity index (χ1v) is 13.0. The number of hydrogen-bond donors (Lipinski definition) is 2. The van der Waals surface area contributed by atoms with Gasteiger partial charge in [-0.1, -0.05) is 30.3 Å². The van der Waals surface area contributed by atoms with Crippen molar-refractivity contribution in [2.24, 2.45) is 0 Å². The van der Waals surface area contributed by atoms with Crippen molar-refractivity contribution in [1.29, 1.82) is 0 Å². The van der Waals surface area contributed by atoms with Crippen LogP contribution in [0.2, 0.25) is 0 Å². The summed E-state index contributed by atoms with van der Waals surface area (Å²) in [7, 11) is -3.88. The number of anilines is 2. The van der Waals surface area contributed by atoms with Crippen LogP contribution in [0, 0.1) is 12.7 Å². The van der Waals surface area contributed by atoms with Crippen LogP contribution in [0.15, 0.2) is 108 Å². The van der Waals surface area contributed by atoms with E-state index in [-0.39, 0.29) is 18.0 Å². The third kappa shape index (κ3) is 7.16. The average molecular weight is 520 g/mol. The molecule has 0 aliphatic heterocycles. The quantitative estimate of drug-likeness (QED) is 0.286. The number of carbonyl (C=O) groups excluding carboxylic acids is 1. The number of sulfonamides is 1. The molecule has 0 saturated carbocycles. The third-order valence-corrected chi connectivity index (χ3v) is 6.87. The Bertz CT molecular complexity index is 1450. The fourth-order valence-electron chi connectivity index (χ4n) is 3.57. The van der Waals surface area contributed by atoms with Crippen molar-refractivity contribution < 1.29 is 22.3 Å². The molecule has 0 bridgehead atoms. The minimum Gasteiger partial charge on any atom is -0.457 e. The molecule has 4 rings (SSSR count). The molecule has 4 aromatic carbocycles. The molecule has 7 nitrogen and oxygen atoms in total. The van der Waals surface area contributed by atoms with Gasteiger partial charge in [-0.25, -0.2) is 22.3 Å². The van der Waals surface area contributed by atoms with Crippen LogP contribution in [0.4, 0.5) is 20.6 Å². The van der Waals surface area contributed by atoms with Gasteiger partial charge >= 0.3 is 6.03 Å². The molecule has 0 aromatic heterocycles. The van der Waals surface area contributed by atoms with Crippen molar-refractivity contribution in [3.63, 3.8) is 0 Å². The van der Waals surface area contributed by atoms with Crippen molar-refractivity contribution in [3.8, 4) is 11.5 Å². The largest absolute Gasteiger partial charge is 0.457 e. The van der Waals surface area contributed by atoms with E-state index in [0.717, 1.165) is 17.7 Å². The summed E-state index contributed by atoms with van der Waals surface area (Å²) in [6, 6.07) is 27.7. The summed E-state index contributed by atoms with van der Waals surface area (Å²) in [5, 5.41) is 2.86. The van der Waals surface area contributed by atoms with E-state index >= 15 is 0 Å². The van der Waals surface area contributed by atoms with Gasteiger partial charge in [0.15, 0.2) is 0 Å². The predicted octanol–water partition coefficient (Wildman–Crippen LogP) is 5.94. The molecule has 0 fully saturated rings. The topological polar surface area (TPSA) is 87.7 Å². The zero-order chi connectivity index (χ0) is 26.3. The van der Waals surface area contributed by atoms with E-state index in [1.54, 1.807) is 30.3 Å². The number of urea groups is 1. The zero-order valence-electron chi connectivity index (χ0n) is 20.1. The Morgan fingerprint density at radius 3 is 2.22 bits per heavy atom. The Balaban J connectivity index is 1.50. The molecule has 9 heteroatoms. The lowest BCUT2D eigenvalue weighted by Crippen LogP contribution is -2.41. The molecule has 0 aliphatic carbocycles. The van der Waals surface area contributed by atoms with Gasteiger partial charge in [-0.2, -0.15) is 0 Å². The van der Waals surface area contributed by atoms with E-state index in [1.165, 1.54) is 17.0 Å². The van der Waals surface area contributed by atoms with Crippen molar-refractivity contribution in [2.75, 3.05) is 23.3 Å². The lowest BCUT2D eigenvalue weighted by atomic mass is 10.2. The van der Waals surface area contributed by atoms with Crippen LogP contribution in [0.5, 0.6) is 11.5 Å². The number of rotatable bonds is 9. The van der Waals surface area contributed by atoms with Gasteiger partial charge in [0.1, 0.15) is 17.3 Å². The molecule has 4 aromatic rings. The van der Waals surface area contributed by atoms with Crippen LogP contribution in [0.3, 0.4) is 0 Å². The van der Waals surface area contributed by atoms with Crippen LogP contribution in [0.25, 0.3) is 0 Å². The van der Waals surface area contributed by atoms with Crippen LogP contribution in [0.1, 0.15) is 5.56 Å². The number of amides is 2. The highest BCUT2D eigenvalue weighted by Gasteiger charge is 2.19. The molecule has 2 amide bonds. The second-order valence-corrected chi connectivity index (χ2v) is 9.98. The van der Waals surface area contributed by atoms with E-state index in [0.29, 0.717) is 22.9 Å². The van der Waals surface area contributed by atoms with E-state index in [1.807, 2.05) is 55.5 Å². The summed E-state index contributed by atoms with van der Waals surface area (Å²) < 4.78 is 46.7. The summed E-state index contributed by atoms with van der Waals surface area (Å²) in [6.45, 7) is 1.89. The number of benzene rings is 4. The van der Waals surface area contributed by atoms with Crippen LogP contribution in [-0.2, 0) is 10.0 Å². The third-order valence-electron chi connectivity index (χ3n) is 5.39. The number of nitrogens with zero attached hydrogens (tertiary/aromatic N) is 1. The second kappa shape index (κ2) is 11.7. The Labute approximate surface area is 215 Å². The van der Waals surface area contributed by atoms with Gasteiger partial charge in [0.2, 0.25) is 10.0 Å². The van der Waals surface area contributed by atoms with Gasteiger partial charge in [-0.15, -0.1) is 0 Å². The number of aryl methyl sites for hydroxylation is 1. The molecule has 0 atom stereocenters. The summed E-state index contributed by atoms with van der Waals surface area (Å²) >= 11 is 0. The van der Waals surface area contributed by atoms with Crippen molar-refractivity contribution >= 4 is 27.4 Å². The molecule has 37 heavy (non-hydrogen) atoms. The maximum atomic E-state index is 13.2. The lowest BCUT2D eigenvalue weighted by molar-refractivity contribution is 0.257. The maximum absolute atomic E-state index is 13.2. The lowest BCUT2D eigenvalue weighted by Gasteiger charge is -2.24. The molecule has 0 spiro atoms. The predicted molar refractivity (Wildman–Crippen MR) is 142 cm³/mol. The van der Waals surface area contributed by atoms with Crippen LogP contribution in [-0.4, -0.2) is 27.5 Å². The van der Waals surface area contributed by atoms with Crippen LogP contribution >= 0.6 is 0 Å². The first kappa shape index (κ1) is 25.9. The molecule has 0 saturated heterocycles. The average Bonchev–Trinajstić information content (AvgIpc) is 2.88. The van der Waals surface area contributed by atoms with E-state index in [4.69, 9.17) is 4.74 Å². The molecule has 0 aliphatic rings. The Morgan fingerprint density at radius 1 is 0.865 bits per heavy atom. The fourth-order valence-corrected chi connectivity index (χ4v) is 4.59. The van der Waals surface area contributed by atoms with E-state index in [2.05, 4.69) is 10.0 Å². The van der Waals surface area contributed by atoms with Crippen LogP contribution < -0.4 is 19.7 Å². The van der Waals surface area contributed by atoms with Crippen molar-refractivity contribution in [2.45, 2.75) is 11.8 Å². The Kier molecular flexibility index (Phi) is 8.17. The van der Waals surface area contributed by atoms with E-state index in [9.17, 15) is 17.6 Å². The fraction of sp³-hybridized carbons (Fsp3) is 0.107. The molecule has 190 valence electrons. The van der Waals surface area contributed by atoms with Gasteiger partial charge < -0.3 is 10.1 Å². The Hall–Kier alpha value is -4.21.